The number of benzene rings is 2. The number of hydrogen-bond acceptors (Lipinski definition) is 5. The van der Waals surface area contributed by atoms with E-state index in [2.05, 4.69) is 15.3 Å². The Kier molecular flexibility index (Phi) is 5.50. The van der Waals surface area contributed by atoms with E-state index in [1.165, 1.54) is 11.4 Å². The van der Waals surface area contributed by atoms with Crippen LogP contribution in [-0.2, 0) is 10.0 Å². The zero-order valence-electron chi connectivity index (χ0n) is 13.9. The fourth-order valence-electron chi connectivity index (χ4n) is 2.44. The number of halogens is 2. The molecule has 0 bridgehead atoms. The molecule has 0 radical (unpaired) electrons. The highest BCUT2D eigenvalue weighted by Crippen LogP contribution is 2.25. The summed E-state index contributed by atoms with van der Waals surface area (Å²) < 4.78 is 26.3. The van der Waals surface area contributed by atoms with Gasteiger partial charge in [0.25, 0.3) is 0 Å². The maximum absolute atomic E-state index is 12.5. The first kappa shape index (κ1) is 18.7. The molecule has 9 heteroatoms. The van der Waals surface area contributed by atoms with Crippen LogP contribution in [0.25, 0.3) is 10.9 Å². The standard InChI is InChI=1S/C17H16Cl2N4O2S/c1-23(13-5-3-2-4-6-13)26(24,25)10-9-20-16-14-11-12(18)7-8-15(14)21-17(19)22-16/h2-8,11H,9-10H2,1H3,(H,20,21,22). The van der Waals surface area contributed by atoms with Gasteiger partial charge in [0.2, 0.25) is 15.3 Å². The Hall–Kier alpha value is -2.09. The van der Waals surface area contributed by atoms with Gasteiger partial charge >= 0.3 is 0 Å². The number of aromatic nitrogens is 2. The molecule has 0 aliphatic rings. The van der Waals surface area contributed by atoms with Crippen LogP contribution in [-0.4, -0.2) is 37.7 Å². The van der Waals surface area contributed by atoms with Gasteiger partial charge in [-0.15, -0.1) is 0 Å². The van der Waals surface area contributed by atoms with E-state index in [-0.39, 0.29) is 17.6 Å². The lowest BCUT2D eigenvalue weighted by molar-refractivity contribution is 0.594. The molecule has 136 valence electrons. The molecular formula is C17H16Cl2N4O2S. The Balaban J connectivity index is 1.75. The van der Waals surface area contributed by atoms with Crippen LogP contribution >= 0.6 is 23.2 Å². The van der Waals surface area contributed by atoms with Gasteiger partial charge in [0, 0.05) is 24.0 Å². The monoisotopic (exact) mass is 410 g/mol. The molecule has 3 aromatic rings. The van der Waals surface area contributed by atoms with Crippen LogP contribution in [0.5, 0.6) is 0 Å². The zero-order chi connectivity index (χ0) is 18.7. The quantitative estimate of drug-likeness (QED) is 0.625. The summed E-state index contributed by atoms with van der Waals surface area (Å²) in [5.74, 6) is 0.335. The molecule has 1 N–H and O–H groups in total. The highest BCUT2D eigenvalue weighted by Gasteiger charge is 2.18. The molecule has 0 spiro atoms. The summed E-state index contributed by atoms with van der Waals surface area (Å²) in [6, 6.07) is 14.0. The minimum Gasteiger partial charge on any atom is -0.368 e. The van der Waals surface area contributed by atoms with E-state index >= 15 is 0 Å². The van der Waals surface area contributed by atoms with E-state index in [9.17, 15) is 8.42 Å². The summed E-state index contributed by atoms with van der Waals surface area (Å²) in [4.78, 5) is 8.27. The molecule has 1 heterocycles. The predicted octanol–water partition coefficient (Wildman–Crippen LogP) is 3.81. The second kappa shape index (κ2) is 7.65. The molecule has 1 aromatic heterocycles. The number of nitrogens with one attached hydrogen (secondary N) is 1. The van der Waals surface area contributed by atoms with Gasteiger partial charge in [-0.25, -0.2) is 18.4 Å². The number of anilines is 2. The van der Waals surface area contributed by atoms with Crippen LogP contribution in [0.15, 0.2) is 48.5 Å². The summed E-state index contributed by atoms with van der Waals surface area (Å²) in [5.41, 5.74) is 1.23. The van der Waals surface area contributed by atoms with Crippen molar-refractivity contribution in [2.24, 2.45) is 0 Å². The van der Waals surface area contributed by atoms with Gasteiger partial charge in [-0.05, 0) is 41.9 Å². The molecule has 26 heavy (non-hydrogen) atoms. The van der Waals surface area contributed by atoms with Crippen molar-refractivity contribution >= 4 is 55.6 Å². The molecule has 2 aromatic carbocycles. The van der Waals surface area contributed by atoms with E-state index in [0.717, 1.165) is 0 Å². The lowest BCUT2D eigenvalue weighted by Crippen LogP contribution is -2.31. The fraction of sp³-hybridized carbons (Fsp3) is 0.176. The van der Waals surface area contributed by atoms with Gasteiger partial charge in [-0.3, -0.25) is 4.31 Å². The third-order valence-corrected chi connectivity index (χ3v) is 5.99. The second-order valence-corrected chi connectivity index (χ2v) is 8.44. The normalized spacial score (nSPS) is 11.5. The smallest absolute Gasteiger partial charge is 0.236 e. The van der Waals surface area contributed by atoms with Crippen LogP contribution in [0.2, 0.25) is 10.3 Å². The van der Waals surface area contributed by atoms with Crippen molar-refractivity contribution in [3.63, 3.8) is 0 Å². The van der Waals surface area contributed by atoms with E-state index in [0.29, 0.717) is 27.4 Å². The average Bonchev–Trinajstić information content (AvgIpc) is 2.62. The maximum Gasteiger partial charge on any atom is 0.236 e. The number of rotatable bonds is 6. The van der Waals surface area contributed by atoms with Crippen LogP contribution in [0.4, 0.5) is 11.5 Å². The molecule has 0 unspecified atom stereocenters. The third-order valence-electron chi connectivity index (χ3n) is 3.82. The molecule has 6 nitrogen and oxygen atoms in total. The van der Waals surface area contributed by atoms with Gasteiger partial charge in [-0.2, -0.15) is 0 Å². The fourth-order valence-corrected chi connectivity index (χ4v) is 3.87. The van der Waals surface area contributed by atoms with Crippen molar-refractivity contribution in [2.75, 3.05) is 29.0 Å². The molecule has 0 saturated heterocycles. The Bertz CT molecular complexity index is 1030. The van der Waals surface area contributed by atoms with Crippen LogP contribution < -0.4 is 9.62 Å². The number of fused-ring (bicyclic) bond motifs is 1. The van der Waals surface area contributed by atoms with Crippen molar-refractivity contribution in [3.05, 3.63) is 58.8 Å². The lowest BCUT2D eigenvalue weighted by atomic mass is 10.2. The predicted molar refractivity (Wildman–Crippen MR) is 107 cm³/mol. The minimum atomic E-state index is -3.49. The summed E-state index contributed by atoms with van der Waals surface area (Å²) in [6.07, 6.45) is 0. The van der Waals surface area contributed by atoms with Crippen molar-refractivity contribution < 1.29 is 8.42 Å². The van der Waals surface area contributed by atoms with Crippen LogP contribution in [0, 0.1) is 0 Å². The summed E-state index contributed by atoms with van der Waals surface area (Å²) >= 11 is 12.0. The largest absolute Gasteiger partial charge is 0.368 e. The Morgan fingerprint density at radius 1 is 1.08 bits per heavy atom. The average molecular weight is 411 g/mol. The Labute approximate surface area is 161 Å². The summed E-state index contributed by atoms with van der Waals surface area (Å²) in [7, 11) is -1.96. The van der Waals surface area contributed by atoms with Crippen LogP contribution in [0.3, 0.4) is 0 Å². The molecule has 0 fully saturated rings. The van der Waals surface area contributed by atoms with Crippen molar-refractivity contribution in [2.45, 2.75) is 0 Å². The second-order valence-electron chi connectivity index (χ2n) is 5.55. The lowest BCUT2D eigenvalue weighted by Gasteiger charge is -2.19. The molecule has 0 atom stereocenters. The van der Waals surface area contributed by atoms with Gasteiger partial charge in [0.1, 0.15) is 5.82 Å². The Morgan fingerprint density at radius 2 is 1.81 bits per heavy atom. The third kappa shape index (κ3) is 4.17. The van der Waals surface area contributed by atoms with E-state index in [1.807, 2.05) is 6.07 Å². The van der Waals surface area contributed by atoms with Gasteiger partial charge in [0.05, 0.1) is 17.0 Å². The SMILES string of the molecule is CN(c1ccccc1)S(=O)(=O)CCNc1nc(Cl)nc2ccc(Cl)cc12. The van der Waals surface area contributed by atoms with E-state index in [1.54, 1.807) is 42.5 Å². The Morgan fingerprint density at radius 3 is 2.54 bits per heavy atom. The van der Waals surface area contributed by atoms with E-state index in [4.69, 9.17) is 23.2 Å². The summed E-state index contributed by atoms with van der Waals surface area (Å²) in [5, 5.41) is 4.30. The van der Waals surface area contributed by atoms with Crippen molar-refractivity contribution in [3.8, 4) is 0 Å². The molecular weight excluding hydrogens is 395 g/mol. The first-order valence-corrected chi connectivity index (χ1v) is 10.1. The van der Waals surface area contributed by atoms with Crippen molar-refractivity contribution in [1.82, 2.24) is 9.97 Å². The van der Waals surface area contributed by atoms with Gasteiger partial charge in [-0.1, -0.05) is 29.8 Å². The number of nitrogens with zero attached hydrogens (tertiary/aromatic N) is 3. The molecule has 0 aliphatic heterocycles. The minimum absolute atomic E-state index is 0.0755. The maximum atomic E-state index is 12.5. The highest BCUT2D eigenvalue weighted by atomic mass is 35.5. The van der Waals surface area contributed by atoms with Gasteiger partial charge < -0.3 is 5.32 Å². The van der Waals surface area contributed by atoms with E-state index < -0.39 is 10.0 Å². The van der Waals surface area contributed by atoms with Crippen LogP contribution in [0.1, 0.15) is 0 Å². The van der Waals surface area contributed by atoms with Gasteiger partial charge in [0.15, 0.2) is 0 Å². The number of hydrogen-bond donors (Lipinski definition) is 1. The molecule has 0 saturated carbocycles. The van der Waals surface area contributed by atoms with Crippen molar-refractivity contribution in [1.29, 1.82) is 0 Å². The number of sulfonamides is 1. The summed E-state index contributed by atoms with van der Waals surface area (Å²) in [6.45, 7) is 0.161. The highest BCUT2D eigenvalue weighted by molar-refractivity contribution is 7.92. The zero-order valence-corrected chi connectivity index (χ0v) is 16.2. The molecule has 0 aliphatic carbocycles. The topological polar surface area (TPSA) is 75.2 Å². The molecule has 0 amide bonds. The first-order valence-electron chi connectivity index (χ1n) is 7.75. The first-order chi connectivity index (χ1) is 12.4. The molecule has 3 rings (SSSR count). The number of para-hydroxylation sites is 1.